The summed E-state index contributed by atoms with van der Waals surface area (Å²) >= 11 is 2.34. The minimum Gasteiger partial charge on any atom is -0.298 e. The molecule has 3 aromatic carbocycles. The van der Waals surface area contributed by atoms with Crippen LogP contribution in [-0.2, 0) is 13.1 Å². The molecule has 0 bridgehead atoms. The van der Waals surface area contributed by atoms with Crippen LogP contribution >= 0.6 is 22.6 Å². The maximum absolute atomic E-state index is 2.37. The fraction of sp³-hybridized carbons (Fsp3) is 0.158. The van der Waals surface area contributed by atoms with Gasteiger partial charge in [0, 0.05) is 16.7 Å². The fourth-order valence-electron chi connectivity index (χ4n) is 2.68. The van der Waals surface area contributed by atoms with Crippen LogP contribution < -0.4 is 0 Å². The molecule has 0 saturated heterocycles. The minimum absolute atomic E-state index is 0.966. The van der Waals surface area contributed by atoms with Gasteiger partial charge >= 0.3 is 0 Å². The molecule has 0 aliphatic carbocycles. The molecule has 0 aromatic heterocycles. The zero-order valence-corrected chi connectivity index (χ0v) is 14.2. The van der Waals surface area contributed by atoms with E-state index in [0.717, 1.165) is 13.1 Å². The van der Waals surface area contributed by atoms with Gasteiger partial charge < -0.3 is 0 Å². The molecule has 0 saturated carbocycles. The Morgan fingerprint density at radius 3 is 2.33 bits per heavy atom. The van der Waals surface area contributed by atoms with Crippen LogP contribution in [0.2, 0.25) is 0 Å². The molecule has 21 heavy (non-hydrogen) atoms. The molecule has 3 aromatic rings. The van der Waals surface area contributed by atoms with Gasteiger partial charge in [0.1, 0.15) is 0 Å². The van der Waals surface area contributed by atoms with Gasteiger partial charge in [-0.25, -0.2) is 0 Å². The summed E-state index contributed by atoms with van der Waals surface area (Å²) in [4.78, 5) is 2.37. The van der Waals surface area contributed by atoms with E-state index >= 15 is 0 Å². The Labute approximate surface area is 139 Å². The van der Waals surface area contributed by atoms with Gasteiger partial charge in [0.25, 0.3) is 0 Å². The first-order valence-electron chi connectivity index (χ1n) is 7.12. The van der Waals surface area contributed by atoms with Crippen LogP contribution in [0.4, 0.5) is 0 Å². The molecule has 0 atom stereocenters. The summed E-state index contributed by atoms with van der Waals surface area (Å²) in [5.74, 6) is 0. The number of benzene rings is 3. The van der Waals surface area contributed by atoms with Gasteiger partial charge in [-0.2, -0.15) is 0 Å². The highest BCUT2D eigenvalue weighted by Gasteiger charge is 2.05. The van der Waals surface area contributed by atoms with Gasteiger partial charge in [-0.05, 0) is 63.7 Å². The monoisotopic (exact) mass is 387 g/mol. The quantitative estimate of drug-likeness (QED) is 0.565. The maximum Gasteiger partial charge on any atom is 0.0240 e. The van der Waals surface area contributed by atoms with Gasteiger partial charge in [0.15, 0.2) is 0 Å². The average Bonchev–Trinajstić information content (AvgIpc) is 2.50. The molecule has 0 unspecified atom stereocenters. The molecule has 0 heterocycles. The highest BCUT2D eigenvalue weighted by molar-refractivity contribution is 14.1. The molecule has 0 N–H and O–H groups in total. The maximum atomic E-state index is 2.37. The summed E-state index contributed by atoms with van der Waals surface area (Å²) in [6.45, 7) is 1.94. The van der Waals surface area contributed by atoms with Crippen molar-refractivity contribution >= 4 is 33.4 Å². The average molecular weight is 387 g/mol. The smallest absolute Gasteiger partial charge is 0.0240 e. The van der Waals surface area contributed by atoms with Gasteiger partial charge in [0.05, 0.1) is 0 Å². The van der Waals surface area contributed by atoms with Gasteiger partial charge in [0.2, 0.25) is 0 Å². The zero-order valence-electron chi connectivity index (χ0n) is 12.1. The predicted molar refractivity (Wildman–Crippen MR) is 98.3 cm³/mol. The first-order chi connectivity index (χ1) is 10.2. The second-order valence-electron chi connectivity index (χ2n) is 5.44. The van der Waals surface area contributed by atoms with Gasteiger partial charge in [-0.15, -0.1) is 0 Å². The van der Waals surface area contributed by atoms with Crippen molar-refractivity contribution in [2.75, 3.05) is 7.05 Å². The lowest BCUT2D eigenvalue weighted by molar-refractivity contribution is 0.320. The second-order valence-corrected chi connectivity index (χ2v) is 6.68. The largest absolute Gasteiger partial charge is 0.298 e. The van der Waals surface area contributed by atoms with Crippen molar-refractivity contribution in [1.29, 1.82) is 0 Å². The molecule has 0 radical (unpaired) electrons. The number of rotatable bonds is 4. The summed E-state index contributed by atoms with van der Waals surface area (Å²) in [5, 5.41) is 2.67. The fourth-order valence-corrected chi connectivity index (χ4v) is 3.04. The molecule has 0 aliphatic rings. The van der Waals surface area contributed by atoms with Crippen molar-refractivity contribution in [3.8, 4) is 0 Å². The highest BCUT2D eigenvalue weighted by atomic mass is 127. The summed E-state index contributed by atoms with van der Waals surface area (Å²) in [7, 11) is 2.18. The van der Waals surface area contributed by atoms with Crippen molar-refractivity contribution in [3.63, 3.8) is 0 Å². The highest BCUT2D eigenvalue weighted by Crippen LogP contribution is 2.20. The topological polar surface area (TPSA) is 3.24 Å². The lowest BCUT2D eigenvalue weighted by atomic mass is 10.0. The second kappa shape index (κ2) is 6.58. The third kappa shape index (κ3) is 3.63. The van der Waals surface area contributed by atoms with E-state index in [4.69, 9.17) is 0 Å². The molecular formula is C19H18IN. The standard InChI is InChI=1S/C19H18IN/c1-21(13-15-9-11-18(20)12-10-15)14-17-7-4-6-16-5-2-3-8-19(16)17/h2-12H,13-14H2,1H3. The molecule has 0 fully saturated rings. The third-order valence-electron chi connectivity index (χ3n) is 3.69. The molecule has 0 aliphatic heterocycles. The van der Waals surface area contributed by atoms with Crippen LogP contribution in [0.1, 0.15) is 11.1 Å². The molecule has 3 rings (SSSR count). The Morgan fingerprint density at radius 2 is 1.52 bits per heavy atom. The van der Waals surface area contributed by atoms with E-state index < -0.39 is 0 Å². The van der Waals surface area contributed by atoms with E-state index in [0.29, 0.717) is 0 Å². The summed E-state index contributed by atoms with van der Waals surface area (Å²) in [6.07, 6.45) is 0. The number of hydrogen-bond donors (Lipinski definition) is 0. The lowest BCUT2D eigenvalue weighted by Gasteiger charge is -2.18. The van der Waals surface area contributed by atoms with E-state index in [2.05, 4.69) is 101 Å². The van der Waals surface area contributed by atoms with Crippen molar-refractivity contribution in [1.82, 2.24) is 4.90 Å². The van der Waals surface area contributed by atoms with Crippen molar-refractivity contribution < 1.29 is 0 Å². The first-order valence-corrected chi connectivity index (χ1v) is 8.20. The van der Waals surface area contributed by atoms with Crippen LogP contribution in [0.15, 0.2) is 66.7 Å². The summed E-state index contributed by atoms with van der Waals surface area (Å²) in [6, 6.07) is 23.9. The van der Waals surface area contributed by atoms with Gasteiger partial charge in [-0.3, -0.25) is 4.90 Å². The van der Waals surface area contributed by atoms with E-state index in [-0.39, 0.29) is 0 Å². The Kier molecular flexibility index (Phi) is 4.56. The van der Waals surface area contributed by atoms with Crippen LogP contribution in [-0.4, -0.2) is 11.9 Å². The summed E-state index contributed by atoms with van der Waals surface area (Å²) in [5.41, 5.74) is 2.75. The van der Waals surface area contributed by atoms with E-state index in [1.165, 1.54) is 25.5 Å². The predicted octanol–water partition coefficient (Wildman–Crippen LogP) is 5.08. The van der Waals surface area contributed by atoms with Crippen LogP contribution in [0, 0.1) is 3.57 Å². The first kappa shape index (κ1) is 14.5. The normalized spacial score (nSPS) is 11.2. The number of fused-ring (bicyclic) bond motifs is 1. The number of halogens is 1. The third-order valence-corrected chi connectivity index (χ3v) is 4.41. The molecular weight excluding hydrogens is 369 g/mol. The Hall–Kier alpha value is -1.39. The number of nitrogens with zero attached hydrogens (tertiary/aromatic N) is 1. The Bertz CT molecular complexity index is 729. The van der Waals surface area contributed by atoms with Crippen LogP contribution in [0.5, 0.6) is 0 Å². The molecule has 1 nitrogen and oxygen atoms in total. The molecule has 2 heteroatoms. The Balaban J connectivity index is 1.77. The van der Waals surface area contributed by atoms with E-state index in [9.17, 15) is 0 Å². The molecule has 0 amide bonds. The van der Waals surface area contributed by atoms with E-state index in [1.54, 1.807) is 0 Å². The Morgan fingerprint density at radius 1 is 0.810 bits per heavy atom. The molecule has 106 valence electrons. The van der Waals surface area contributed by atoms with Gasteiger partial charge in [-0.1, -0.05) is 54.6 Å². The van der Waals surface area contributed by atoms with Crippen LogP contribution in [0.25, 0.3) is 10.8 Å². The SMILES string of the molecule is CN(Cc1ccc(I)cc1)Cc1cccc2ccccc12. The lowest BCUT2D eigenvalue weighted by Crippen LogP contribution is -2.17. The van der Waals surface area contributed by atoms with Crippen molar-refractivity contribution in [2.24, 2.45) is 0 Å². The van der Waals surface area contributed by atoms with E-state index in [1.807, 2.05) is 0 Å². The van der Waals surface area contributed by atoms with Crippen molar-refractivity contribution in [3.05, 3.63) is 81.4 Å². The minimum atomic E-state index is 0.966. The summed E-state index contributed by atoms with van der Waals surface area (Å²) < 4.78 is 1.29. The number of hydrogen-bond acceptors (Lipinski definition) is 1. The van der Waals surface area contributed by atoms with Crippen LogP contribution in [0.3, 0.4) is 0 Å². The molecule has 0 spiro atoms. The van der Waals surface area contributed by atoms with Crippen molar-refractivity contribution in [2.45, 2.75) is 13.1 Å². The zero-order chi connectivity index (χ0) is 14.7.